The molecular weight excluding hydrogens is 683 g/mol. The number of hydrogen-bond acceptors (Lipinski definition) is 3. The maximum atomic E-state index is 5.41. The standard InChI is InChI=1S/C51H29N5/c1-3-12-31(13-4-1)49-52-50(38-21-9-16-34-28-32-14-7-8-15-33(32)29-39(34)38)54-51(53-49)56-41-23-11-20-37-36-19-10-22-40-45(36)47-42(55(40)35-17-5-2-6-18-35)26-24-30-25-27-43(56)48(44(30)47)46(37)41/h1-29H. The van der Waals surface area contributed by atoms with Gasteiger partial charge in [0.05, 0.1) is 22.1 Å². The second-order valence-corrected chi connectivity index (χ2v) is 14.8. The van der Waals surface area contributed by atoms with Crippen molar-refractivity contribution < 1.29 is 0 Å². The number of aromatic nitrogens is 5. The lowest BCUT2D eigenvalue weighted by Gasteiger charge is -2.13. The molecule has 13 rings (SSSR count). The second-order valence-electron chi connectivity index (χ2n) is 14.8. The van der Waals surface area contributed by atoms with Gasteiger partial charge >= 0.3 is 0 Å². The van der Waals surface area contributed by atoms with Crippen molar-refractivity contribution in [3.63, 3.8) is 0 Å². The lowest BCUT2D eigenvalue weighted by molar-refractivity contribution is 0.954. The van der Waals surface area contributed by atoms with E-state index in [2.05, 4.69) is 167 Å². The van der Waals surface area contributed by atoms with Gasteiger partial charge in [0.2, 0.25) is 5.95 Å². The Labute approximate surface area is 320 Å². The van der Waals surface area contributed by atoms with Crippen molar-refractivity contribution in [3.8, 4) is 45.5 Å². The lowest BCUT2D eigenvalue weighted by Crippen LogP contribution is -2.06. The number of rotatable bonds is 4. The molecule has 0 saturated heterocycles. The summed E-state index contributed by atoms with van der Waals surface area (Å²) >= 11 is 0. The number of para-hydroxylation sites is 1. The van der Waals surface area contributed by atoms with E-state index in [1.807, 2.05) is 18.2 Å². The number of fused-ring (bicyclic) bond motifs is 3. The van der Waals surface area contributed by atoms with Crippen LogP contribution in [0.5, 0.6) is 0 Å². The second kappa shape index (κ2) is 11.0. The average molecular weight is 712 g/mol. The molecule has 0 spiro atoms. The van der Waals surface area contributed by atoms with Crippen LogP contribution in [0.1, 0.15) is 0 Å². The van der Waals surface area contributed by atoms with Crippen LogP contribution < -0.4 is 0 Å². The van der Waals surface area contributed by atoms with Crippen LogP contribution in [0, 0.1) is 0 Å². The van der Waals surface area contributed by atoms with Crippen LogP contribution in [0.15, 0.2) is 176 Å². The highest BCUT2D eigenvalue weighted by Gasteiger charge is 2.28. The molecule has 0 amide bonds. The molecule has 0 radical (unpaired) electrons. The SMILES string of the molecule is c1ccc(-c2nc(-c3cccc4cc5ccccc5cc34)nc(-n3c4cccc5c4c4c6c(ccc7c6c6c-5cccc6n7-c5ccccc5)ccc43)n2)cc1. The van der Waals surface area contributed by atoms with Crippen molar-refractivity contribution in [2.75, 3.05) is 0 Å². The van der Waals surface area contributed by atoms with E-state index >= 15 is 0 Å². The highest BCUT2D eigenvalue weighted by Crippen LogP contribution is 2.51. The Morgan fingerprint density at radius 1 is 0.321 bits per heavy atom. The molecular formula is C51H29N5. The van der Waals surface area contributed by atoms with Crippen molar-refractivity contribution in [1.82, 2.24) is 24.1 Å². The van der Waals surface area contributed by atoms with E-state index in [0.717, 1.165) is 38.6 Å². The summed E-state index contributed by atoms with van der Waals surface area (Å²) in [7, 11) is 0. The monoisotopic (exact) mass is 711 g/mol. The molecule has 0 aliphatic heterocycles. The molecule has 0 N–H and O–H groups in total. The van der Waals surface area contributed by atoms with E-state index in [0.29, 0.717) is 17.6 Å². The molecule has 0 saturated carbocycles. The van der Waals surface area contributed by atoms with Crippen molar-refractivity contribution in [1.29, 1.82) is 0 Å². The average Bonchev–Trinajstić information content (AvgIpc) is 3.75. The van der Waals surface area contributed by atoms with Gasteiger partial charge in [0.1, 0.15) is 0 Å². The molecule has 5 heteroatoms. The molecule has 12 aromatic rings. The molecule has 0 fully saturated rings. The summed E-state index contributed by atoms with van der Waals surface area (Å²) in [5, 5.41) is 12.1. The molecule has 9 aromatic carbocycles. The van der Waals surface area contributed by atoms with Crippen LogP contribution >= 0.6 is 0 Å². The maximum Gasteiger partial charge on any atom is 0.238 e. The summed E-state index contributed by atoms with van der Waals surface area (Å²) in [6.07, 6.45) is 0. The quantitative estimate of drug-likeness (QED) is 0.171. The largest absolute Gasteiger partial charge is 0.309 e. The third-order valence-electron chi connectivity index (χ3n) is 11.8. The Balaban J connectivity index is 1.17. The van der Waals surface area contributed by atoms with Crippen LogP contribution in [0.2, 0.25) is 0 Å². The summed E-state index contributed by atoms with van der Waals surface area (Å²) in [6.45, 7) is 0. The summed E-state index contributed by atoms with van der Waals surface area (Å²) < 4.78 is 4.69. The zero-order valence-corrected chi connectivity index (χ0v) is 30.0. The van der Waals surface area contributed by atoms with Gasteiger partial charge in [-0.3, -0.25) is 4.57 Å². The molecule has 0 atom stereocenters. The molecule has 258 valence electrons. The molecule has 56 heavy (non-hydrogen) atoms. The van der Waals surface area contributed by atoms with E-state index < -0.39 is 0 Å². The van der Waals surface area contributed by atoms with Crippen molar-refractivity contribution >= 4 is 75.9 Å². The molecule has 3 heterocycles. The highest BCUT2D eigenvalue weighted by atomic mass is 15.2. The first-order valence-corrected chi connectivity index (χ1v) is 19.0. The smallest absolute Gasteiger partial charge is 0.238 e. The maximum absolute atomic E-state index is 5.41. The lowest BCUT2D eigenvalue weighted by atomic mass is 9.98. The van der Waals surface area contributed by atoms with Crippen LogP contribution in [0.25, 0.3) is 121 Å². The molecule has 0 unspecified atom stereocenters. The van der Waals surface area contributed by atoms with Crippen molar-refractivity contribution in [2.45, 2.75) is 0 Å². The predicted molar refractivity (Wildman–Crippen MR) is 231 cm³/mol. The molecule has 5 nitrogen and oxygen atoms in total. The fourth-order valence-corrected chi connectivity index (χ4v) is 9.50. The van der Waals surface area contributed by atoms with Gasteiger partial charge in [-0.05, 0) is 86.6 Å². The van der Waals surface area contributed by atoms with Gasteiger partial charge in [-0.1, -0.05) is 127 Å². The minimum Gasteiger partial charge on any atom is -0.309 e. The minimum absolute atomic E-state index is 0.594. The summed E-state index contributed by atoms with van der Waals surface area (Å²) in [5.41, 5.74) is 10.1. The Bertz CT molecular complexity index is 3640. The van der Waals surface area contributed by atoms with E-state index in [1.54, 1.807) is 0 Å². The first kappa shape index (κ1) is 29.8. The van der Waals surface area contributed by atoms with Gasteiger partial charge in [0, 0.05) is 43.7 Å². The molecule has 0 bridgehead atoms. The van der Waals surface area contributed by atoms with Crippen LogP contribution in [-0.2, 0) is 0 Å². The molecule has 1 aliphatic rings. The number of benzene rings is 9. The van der Waals surface area contributed by atoms with Gasteiger partial charge in [0.25, 0.3) is 0 Å². The van der Waals surface area contributed by atoms with Gasteiger partial charge < -0.3 is 4.57 Å². The van der Waals surface area contributed by atoms with Crippen molar-refractivity contribution in [3.05, 3.63) is 176 Å². The van der Waals surface area contributed by atoms with Crippen LogP contribution in [-0.4, -0.2) is 24.1 Å². The van der Waals surface area contributed by atoms with E-state index in [4.69, 9.17) is 15.0 Å². The Morgan fingerprint density at radius 2 is 0.875 bits per heavy atom. The van der Waals surface area contributed by atoms with E-state index in [9.17, 15) is 0 Å². The third kappa shape index (κ3) is 3.95. The van der Waals surface area contributed by atoms with Crippen LogP contribution in [0.3, 0.4) is 0 Å². The zero-order chi connectivity index (χ0) is 36.5. The zero-order valence-electron chi connectivity index (χ0n) is 30.0. The molecule has 3 aromatic heterocycles. The predicted octanol–water partition coefficient (Wildman–Crippen LogP) is 12.8. The van der Waals surface area contributed by atoms with Gasteiger partial charge in [-0.2, -0.15) is 9.97 Å². The fourth-order valence-electron chi connectivity index (χ4n) is 9.50. The Morgan fingerprint density at radius 3 is 1.61 bits per heavy atom. The normalized spacial score (nSPS) is 12.3. The van der Waals surface area contributed by atoms with Crippen molar-refractivity contribution in [2.24, 2.45) is 0 Å². The Hall–Kier alpha value is -7.63. The fraction of sp³-hybridized carbons (Fsp3) is 0. The minimum atomic E-state index is 0.594. The third-order valence-corrected chi connectivity index (χ3v) is 11.8. The molecule has 1 aliphatic carbocycles. The van der Waals surface area contributed by atoms with E-state index in [1.165, 1.54) is 65.3 Å². The van der Waals surface area contributed by atoms with Gasteiger partial charge in [0.15, 0.2) is 11.6 Å². The topological polar surface area (TPSA) is 48.5 Å². The number of hydrogen-bond donors (Lipinski definition) is 0. The summed E-state index contributed by atoms with van der Waals surface area (Å²) in [5.74, 6) is 1.87. The first-order valence-electron chi connectivity index (χ1n) is 19.0. The highest BCUT2D eigenvalue weighted by molar-refractivity contribution is 6.38. The van der Waals surface area contributed by atoms with Gasteiger partial charge in [-0.15, -0.1) is 0 Å². The van der Waals surface area contributed by atoms with Crippen LogP contribution in [0.4, 0.5) is 0 Å². The summed E-state index contributed by atoms with van der Waals surface area (Å²) in [4.78, 5) is 15.9. The summed E-state index contributed by atoms with van der Waals surface area (Å²) in [6, 6.07) is 63.0. The number of nitrogens with zero attached hydrogens (tertiary/aromatic N) is 5. The Kier molecular flexibility index (Phi) is 5.83. The van der Waals surface area contributed by atoms with E-state index in [-0.39, 0.29) is 0 Å². The first-order chi connectivity index (χ1) is 27.8. The van der Waals surface area contributed by atoms with Gasteiger partial charge in [-0.25, -0.2) is 4.98 Å².